The lowest BCUT2D eigenvalue weighted by Gasteiger charge is -2.03. The summed E-state index contributed by atoms with van der Waals surface area (Å²) in [6.07, 6.45) is 1.04. The summed E-state index contributed by atoms with van der Waals surface area (Å²) in [7, 11) is 0. The fourth-order valence-corrected chi connectivity index (χ4v) is 2.24. The van der Waals surface area contributed by atoms with E-state index in [2.05, 4.69) is 40.2 Å². The summed E-state index contributed by atoms with van der Waals surface area (Å²) in [6.45, 7) is 0. The fraction of sp³-hybridized carbons (Fsp3) is 0.167. The zero-order valence-corrected chi connectivity index (χ0v) is 9.98. The highest BCUT2D eigenvalue weighted by molar-refractivity contribution is 9.09. The van der Waals surface area contributed by atoms with Gasteiger partial charge in [-0.15, -0.1) is 0 Å². The van der Waals surface area contributed by atoms with E-state index in [-0.39, 0.29) is 0 Å². The molecule has 0 saturated carbocycles. The van der Waals surface area contributed by atoms with Crippen LogP contribution in [0, 0.1) is 0 Å². The minimum Gasteiger partial charge on any atom is -0.0924 e. The van der Waals surface area contributed by atoms with Gasteiger partial charge in [-0.3, -0.25) is 0 Å². The Labute approximate surface area is 97.0 Å². The van der Waals surface area contributed by atoms with Crippen molar-refractivity contribution in [3.05, 3.63) is 47.0 Å². The molecule has 0 aromatic heterocycles. The normalized spacial score (nSPS) is 10.7. The molecule has 14 heavy (non-hydrogen) atoms. The maximum absolute atomic E-state index is 6.12. The minimum atomic E-state index is 0.832. The second-order valence-electron chi connectivity index (χ2n) is 3.23. The van der Waals surface area contributed by atoms with Crippen molar-refractivity contribution in [2.45, 2.75) is 6.42 Å². The minimum absolute atomic E-state index is 0.832. The van der Waals surface area contributed by atoms with Crippen LogP contribution in [0.3, 0.4) is 0 Å². The van der Waals surface area contributed by atoms with Gasteiger partial charge in [0, 0.05) is 15.7 Å². The van der Waals surface area contributed by atoms with Crippen LogP contribution in [0.1, 0.15) is 5.56 Å². The number of hydrogen-bond donors (Lipinski definition) is 0. The van der Waals surface area contributed by atoms with Crippen molar-refractivity contribution in [2.24, 2.45) is 0 Å². The van der Waals surface area contributed by atoms with Gasteiger partial charge in [0.15, 0.2) is 0 Å². The van der Waals surface area contributed by atoms with Crippen molar-refractivity contribution in [1.82, 2.24) is 0 Å². The Morgan fingerprint density at radius 2 is 2.00 bits per heavy atom. The molecule has 0 heterocycles. The Morgan fingerprint density at radius 3 is 2.79 bits per heavy atom. The number of hydrogen-bond acceptors (Lipinski definition) is 0. The lowest BCUT2D eigenvalue weighted by atomic mass is 10.1. The van der Waals surface area contributed by atoms with Crippen LogP contribution in [0.25, 0.3) is 10.8 Å². The van der Waals surface area contributed by atoms with Gasteiger partial charge in [0.1, 0.15) is 0 Å². The molecule has 72 valence electrons. The first-order valence-electron chi connectivity index (χ1n) is 4.54. The molecule has 0 amide bonds. The van der Waals surface area contributed by atoms with E-state index in [1.165, 1.54) is 10.9 Å². The highest BCUT2D eigenvalue weighted by Gasteiger charge is 1.99. The van der Waals surface area contributed by atoms with Crippen LogP contribution in [-0.2, 0) is 6.42 Å². The summed E-state index contributed by atoms with van der Waals surface area (Å²) in [6, 6.07) is 12.4. The molecule has 2 rings (SSSR count). The summed E-state index contributed by atoms with van der Waals surface area (Å²) in [4.78, 5) is 0. The summed E-state index contributed by atoms with van der Waals surface area (Å²) >= 11 is 9.55. The largest absolute Gasteiger partial charge is 0.0924 e. The van der Waals surface area contributed by atoms with E-state index in [1.807, 2.05) is 12.1 Å². The Kier molecular flexibility index (Phi) is 3.09. The van der Waals surface area contributed by atoms with Crippen molar-refractivity contribution in [3.8, 4) is 0 Å². The lowest BCUT2D eigenvalue weighted by Crippen LogP contribution is -1.85. The third-order valence-electron chi connectivity index (χ3n) is 2.28. The smallest absolute Gasteiger partial charge is 0.0484 e. The number of alkyl halides is 1. The second-order valence-corrected chi connectivity index (χ2v) is 4.43. The van der Waals surface area contributed by atoms with E-state index in [0.29, 0.717) is 0 Å². The van der Waals surface area contributed by atoms with Crippen molar-refractivity contribution < 1.29 is 0 Å². The van der Waals surface area contributed by atoms with Gasteiger partial charge in [0.05, 0.1) is 0 Å². The lowest BCUT2D eigenvalue weighted by molar-refractivity contribution is 1.18. The Bertz CT molecular complexity index is 451. The summed E-state index contributed by atoms with van der Waals surface area (Å²) in [5, 5.41) is 4.17. The van der Waals surface area contributed by atoms with Gasteiger partial charge in [0.25, 0.3) is 0 Å². The average Bonchev–Trinajstić information content (AvgIpc) is 2.20. The summed E-state index contributed by atoms with van der Waals surface area (Å²) < 4.78 is 0. The molecule has 0 aliphatic carbocycles. The van der Waals surface area contributed by atoms with E-state index < -0.39 is 0 Å². The molecule has 2 aromatic carbocycles. The van der Waals surface area contributed by atoms with E-state index >= 15 is 0 Å². The highest BCUT2D eigenvalue weighted by Crippen LogP contribution is 2.24. The molecule has 2 heteroatoms. The first kappa shape index (κ1) is 10.0. The SMILES string of the molecule is Clc1cccc2ccc(CCBr)cc12. The molecule has 0 N–H and O–H groups in total. The molecule has 0 unspecified atom stereocenters. The molecule has 0 aliphatic rings. The molecular weight excluding hydrogens is 259 g/mol. The van der Waals surface area contributed by atoms with Crippen molar-refractivity contribution in [1.29, 1.82) is 0 Å². The molecule has 0 atom stereocenters. The van der Waals surface area contributed by atoms with Crippen molar-refractivity contribution in [3.63, 3.8) is 0 Å². The van der Waals surface area contributed by atoms with Crippen LogP contribution in [0.2, 0.25) is 5.02 Å². The van der Waals surface area contributed by atoms with Gasteiger partial charge in [-0.2, -0.15) is 0 Å². The van der Waals surface area contributed by atoms with Crippen LogP contribution in [0.5, 0.6) is 0 Å². The standard InChI is InChI=1S/C12H10BrCl/c13-7-6-9-4-5-10-2-1-3-12(14)11(10)8-9/h1-5,8H,6-7H2. The average molecular weight is 270 g/mol. The van der Waals surface area contributed by atoms with Crippen LogP contribution < -0.4 is 0 Å². The summed E-state index contributed by atoms with van der Waals surface area (Å²) in [5.74, 6) is 0. The zero-order chi connectivity index (χ0) is 9.97. The van der Waals surface area contributed by atoms with E-state index in [9.17, 15) is 0 Å². The number of halogens is 2. The Morgan fingerprint density at radius 1 is 1.14 bits per heavy atom. The van der Waals surface area contributed by atoms with Crippen LogP contribution in [0.15, 0.2) is 36.4 Å². The molecule has 0 aliphatic heterocycles. The third-order valence-corrected chi connectivity index (χ3v) is 3.00. The molecule has 0 radical (unpaired) electrons. The summed E-state index contributed by atoms with van der Waals surface area (Å²) in [5.41, 5.74) is 1.32. The fourth-order valence-electron chi connectivity index (χ4n) is 1.55. The first-order valence-corrected chi connectivity index (χ1v) is 6.04. The van der Waals surface area contributed by atoms with E-state index in [0.717, 1.165) is 22.2 Å². The monoisotopic (exact) mass is 268 g/mol. The molecule has 0 nitrogen and oxygen atoms in total. The van der Waals surface area contributed by atoms with Gasteiger partial charge >= 0.3 is 0 Å². The predicted molar refractivity (Wildman–Crippen MR) is 66.5 cm³/mol. The van der Waals surface area contributed by atoms with Crippen molar-refractivity contribution >= 4 is 38.3 Å². The van der Waals surface area contributed by atoms with E-state index in [1.54, 1.807) is 0 Å². The number of aryl methyl sites for hydroxylation is 1. The van der Waals surface area contributed by atoms with Crippen LogP contribution in [0.4, 0.5) is 0 Å². The number of rotatable bonds is 2. The van der Waals surface area contributed by atoms with Gasteiger partial charge in [-0.1, -0.05) is 51.8 Å². The van der Waals surface area contributed by atoms with Gasteiger partial charge in [0.2, 0.25) is 0 Å². The molecule has 0 bridgehead atoms. The van der Waals surface area contributed by atoms with E-state index in [4.69, 9.17) is 11.6 Å². The number of fused-ring (bicyclic) bond motifs is 1. The second kappa shape index (κ2) is 4.33. The molecular formula is C12H10BrCl. The predicted octanol–water partition coefficient (Wildman–Crippen LogP) is 4.43. The zero-order valence-electron chi connectivity index (χ0n) is 7.63. The third kappa shape index (κ3) is 1.94. The molecule has 0 fully saturated rings. The topological polar surface area (TPSA) is 0 Å². The van der Waals surface area contributed by atoms with Gasteiger partial charge in [-0.25, -0.2) is 0 Å². The maximum atomic E-state index is 6.12. The quantitative estimate of drug-likeness (QED) is 0.708. The Hall–Kier alpha value is -0.530. The van der Waals surface area contributed by atoms with Gasteiger partial charge < -0.3 is 0 Å². The van der Waals surface area contributed by atoms with Crippen LogP contribution in [-0.4, -0.2) is 5.33 Å². The highest BCUT2D eigenvalue weighted by atomic mass is 79.9. The Balaban J connectivity index is 2.58. The number of benzene rings is 2. The van der Waals surface area contributed by atoms with Crippen LogP contribution >= 0.6 is 27.5 Å². The molecule has 0 spiro atoms. The van der Waals surface area contributed by atoms with Crippen molar-refractivity contribution in [2.75, 3.05) is 5.33 Å². The molecule has 2 aromatic rings. The first-order chi connectivity index (χ1) is 6.81. The molecule has 0 saturated heterocycles. The van der Waals surface area contributed by atoms with Gasteiger partial charge in [-0.05, 0) is 29.5 Å². The maximum Gasteiger partial charge on any atom is 0.0484 e.